The highest BCUT2D eigenvalue weighted by Gasteiger charge is 2.27. The number of ether oxygens (including phenoxy) is 1. The van der Waals surface area contributed by atoms with Crippen LogP contribution in [0.2, 0.25) is 0 Å². The molecule has 1 fully saturated rings. The number of carboxylic acids is 1. The zero-order chi connectivity index (χ0) is 18.1. The van der Waals surface area contributed by atoms with Gasteiger partial charge < -0.3 is 14.7 Å². The molecule has 1 aliphatic heterocycles. The number of nitrogens with zero attached hydrogens (tertiary/aromatic N) is 3. The second-order valence-electron chi connectivity index (χ2n) is 6.22. The quantitative estimate of drug-likeness (QED) is 0.880. The lowest BCUT2D eigenvalue weighted by atomic mass is 10.1. The number of hydrogen-bond donors (Lipinski definition) is 1. The van der Waals surface area contributed by atoms with Gasteiger partial charge in [0.2, 0.25) is 5.91 Å². The molecule has 0 radical (unpaired) electrons. The molecule has 2 aromatic rings. The third-order valence-corrected chi connectivity index (χ3v) is 4.13. The van der Waals surface area contributed by atoms with Crippen LogP contribution in [0.4, 0.5) is 0 Å². The van der Waals surface area contributed by atoms with E-state index < -0.39 is 11.5 Å². The van der Waals surface area contributed by atoms with Crippen LogP contribution in [0.5, 0.6) is 0 Å². The maximum atomic E-state index is 12.6. The molecule has 1 N–H and O–H groups in total. The molecule has 8 nitrogen and oxygen atoms in total. The number of fused-ring (bicyclic) bond motifs is 1. The van der Waals surface area contributed by atoms with E-state index in [1.54, 1.807) is 17.0 Å². The number of aromatic carboxylic acids is 1. The van der Waals surface area contributed by atoms with E-state index in [1.165, 1.54) is 12.1 Å². The second kappa shape index (κ2) is 6.64. The summed E-state index contributed by atoms with van der Waals surface area (Å²) in [4.78, 5) is 38.2. The first-order valence-corrected chi connectivity index (χ1v) is 8.03. The Hall–Kier alpha value is -2.74. The molecule has 2 heterocycles. The molecule has 0 unspecified atom stereocenters. The number of carboxylic acid groups (broad SMARTS) is 1. The summed E-state index contributed by atoms with van der Waals surface area (Å²) in [5, 5.41) is 13.7. The van der Waals surface area contributed by atoms with E-state index in [4.69, 9.17) is 4.74 Å². The number of carbonyl (C=O) groups is 2. The first-order chi connectivity index (χ1) is 11.9. The fourth-order valence-corrected chi connectivity index (χ4v) is 3.11. The van der Waals surface area contributed by atoms with Crippen molar-refractivity contribution in [3.8, 4) is 0 Å². The predicted octanol–water partition coefficient (Wildman–Crippen LogP) is 0.730. The van der Waals surface area contributed by atoms with Gasteiger partial charge in [0.15, 0.2) is 5.69 Å². The molecule has 3 rings (SSSR count). The lowest BCUT2D eigenvalue weighted by Gasteiger charge is -2.35. The summed E-state index contributed by atoms with van der Waals surface area (Å²) >= 11 is 0. The van der Waals surface area contributed by atoms with Gasteiger partial charge in [0.25, 0.3) is 5.56 Å². The molecule has 132 valence electrons. The van der Waals surface area contributed by atoms with Crippen molar-refractivity contribution in [2.45, 2.75) is 32.6 Å². The Balaban J connectivity index is 1.96. The molecule has 1 saturated heterocycles. The minimum absolute atomic E-state index is 0.0939. The average Bonchev–Trinajstić information content (AvgIpc) is 2.56. The largest absolute Gasteiger partial charge is 0.476 e. The Morgan fingerprint density at radius 2 is 1.80 bits per heavy atom. The maximum Gasteiger partial charge on any atom is 0.357 e. The van der Waals surface area contributed by atoms with Crippen molar-refractivity contribution in [1.82, 2.24) is 14.7 Å². The van der Waals surface area contributed by atoms with Gasteiger partial charge in [-0.3, -0.25) is 9.59 Å². The van der Waals surface area contributed by atoms with Gasteiger partial charge in [-0.05, 0) is 19.9 Å². The highest BCUT2D eigenvalue weighted by atomic mass is 16.5. The molecule has 0 spiro atoms. The molecule has 0 aliphatic carbocycles. The lowest BCUT2D eigenvalue weighted by molar-refractivity contribution is -0.144. The van der Waals surface area contributed by atoms with Crippen LogP contribution in [-0.4, -0.2) is 57.0 Å². The smallest absolute Gasteiger partial charge is 0.357 e. The average molecular weight is 345 g/mol. The van der Waals surface area contributed by atoms with Gasteiger partial charge in [-0.15, -0.1) is 0 Å². The molecule has 25 heavy (non-hydrogen) atoms. The normalized spacial score (nSPS) is 20.6. The van der Waals surface area contributed by atoms with Gasteiger partial charge >= 0.3 is 5.97 Å². The predicted molar refractivity (Wildman–Crippen MR) is 89.6 cm³/mol. The Morgan fingerprint density at radius 1 is 1.20 bits per heavy atom. The second-order valence-corrected chi connectivity index (χ2v) is 6.22. The number of aromatic nitrogens is 2. The summed E-state index contributed by atoms with van der Waals surface area (Å²) in [6.07, 6.45) is -0.188. The van der Waals surface area contributed by atoms with Crippen molar-refractivity contribution >= 4 is 22.6 Å². The van der Waals surface area contributed by atoms with Gasteiger partial charge in [0.1, 0.15) is 6.54 Å². The number of hydrogen-bond acceptors (Lipinski definition) is 5. The molecule has 1 aromatic heterocycles. The zero-order valence-electron chi connectivity index (χ0n) is 14.0. The minimum atomic E-state index is -1.24. The summed E-state index contributed by atoms with van der Waals surface area (Å²) < 4.78 is 6.52. The summed E-state index contributed by atoms with van der Waals surface area (Å²) in [5.74, 6) is -1.53. The van der Waals surface area contributed by atoms with E-state index in [0.29, 0.717) is 13.1 Å². The Bertz CT molecular complexity index is 881. The minimum Gasteiger partial charge on any atom is -0.476 e. The van der Waals surface area contributed by atoms with E-state index in [9.17, 15) is 19.5 Å². The van der Waals surface area contributed by atoms with Crippen LogP contribution in [-0.2, 0) is 16.1 Å². The SMILES string of the molecule is C[C@@H]1CN(C(=O)Cn2nc(C(=O)O)c3ccccc3c2=O)C[C@@H](C)O1. The fourth-order valence-electron chi connectivity index (χ4n) is 3.11. The molecule has 0 saturated carbocycles. The number of benzene rings is 1. The van der Waals surface area contributed by atoms with Crippen molar-refractivity contribution in [2.24, 2.45) is 0 Å². The van der Waals surface area contributed by atoms with Crippen LogP contribution in [0.3, 0.4) is 0 Å². The molecule has 1 aliphatic rings. The van der Waals surface area contributed by atoms with E-state index >= 15 is 0 Å². The van der Waals surface area contributed by atoms with E-state index in [1.807, 2.05) is 13.8 Å². The van der Waals surface area contributed by atoms with Crippen LogP contribution >= 0.6 is 0 Å². The first kappa shape index (κ1) is 17.1. The van der Waals surface area contributed by atoms with Gasteiger partial charge in [0, 0.05) is 18.5 Å². The third-order valence-electron chi connectivity index (χ3n) is 4.13. The number of carbonyl (C=O) groups excluding carboxylic acids is 1. The molecular formula is C17H19N3O5. The summed E-state index contributed by atoms with van der Waals surface area (Å²) in [7, 11) is 0. The Morgan fingerprint density at radius 3 is 2.40 bits per heavy atom. The number of morpholine rings is 1. The van der Waals surface area contributed by atoms with Crippen molar-refractivity contribution in [3.63, 3.8) is 0 Å². The first-order valence-electron chi connectivity index (χ1n) is 8.03. The van der Waals surface area contributed by atoms with Crippen molar-refractivity contribution in [2.75, 3.05) is 13.1 Å². The van der Waals surface area contributed by atoms with Crippen molar-refractivity contribution < 1.29 is 19.4 Å². The third kappa shape index (κ3) is 3.39. The molecule has 0 bridgehead atoms. The maximum absolute atomic E-state index is 12.6. The van der Waals surface area contributed by atoms with Crippen molar-refractivity contribution in [3.05, 3.63) is 40.3 Å². The van der Waals surface area contributed by atoms with Crippen LogP contribution < -0.4 is 5.56 Å². The molecule has 8 heteroatoms. The highest BCUT2D eigenvalue weighted by molar-refractivity contribution is 6.01. The van der Waals surface area contributed by atoms with Crippen LogP contribution in [0.25, 0.3) is 10.8 Å². The Kier molecular flexibility index (Phi) is 4.54. The molecule has 2 atom stereocenters. The Labute approximate surface area is 143 Å². The van der Waals surface area contributed by atoms with E-state index in [0.717, 1.165) is 4.68 Å². The summed E-state index contributed by atoms with van der Waals surface area (Å²) in [5.41, 5.74) is -0.727. The topological polar surface area (TPSA) is 102 Å². The summed E-state index contributed by atoms with van der Waals surface area (Å²) in [6.45, 7) is 4.30. The molecule has 1 aromatic carbocycles. The van der Waals surface area contributed by atoms with Crippen LogP contribution in [0, 0.1) is 0 Å². The molecular weight excluding hydrogens is 326 g/mol. The van der Waals surface area contributed by atoms with Crippen molar-refractivity contribution in [1.29, 1.82) is 0 Å². The van der Waals surface area contributed by atoms with Gasteiger partial charge in [-0.1, -0.05) is 18.2 Å². The monoisotopic (exact) mass is 345 g/mol. The number of rotatable bonds is 3. The van der Waals surface area contributed by atoms with E-state index in [2.05, 4.69) is 5.10 Å². The van der Waals surface area contributed by atoms with Gasteiger partial charge in [-0.2, -0.15) is 5.10 Å². The zero-order valence-corrected chi connectivity index (χ0v) is 14.0. The van der Waals surface area contributed by atoms with E-state index in [-0.39, 0.29) is 41.1 Å². The summed E-state index contributed by atoms with van der Waals surface area (Å²) in [6, 6.07) is 6.35. The fraction of sp³-hybridized carbons (Fsp3) is 0.412. The van der Waals surface area contributed by atoms with Gasteiger partial charge in [0.05, 0.1) is 17.6 Å². The number of amides is 1. The van der Waals surface area contributed by atoms with Crippen LogP contribution in [0.15, 0.2) is 29.1 Å². The van der Waals surface area contributed by atoms with Crippen LogP contribution in [0.1, 0.15) is 24.3 Å². The highest BCUT2D eigenvalue weighted by Crippen LogP contribution is 2.14. The van der Waals surface area contributed by atoms with Gasteiger partial charge in [-0.25, -0.2) is 9.48 Å². The lowest BCUT2D eigenvalue weighted by Crippen LogP contribution is -2.49. The standard InChI is InChI=1S/C17H19N3O5/c1-10-7-19(8-11(2)25-10)14(21)9-20-16(22)13-6-4-3-5-12(13)15(18-20)17(23)24/h3-6,10-11H,7-9H2,1-2H3,(H,23,24)/t10-,11-/m1/s1. The molecule has 1 amide bonds.